The number of aryl methyl sites for hydroxylation is 1. The number of nitrogens with two attached hydrogens (primary N) is 1. The number of imidazole rings is 1. The molecule has 0 saturated carbocycles. The van der Waals surface area contributed by atoms with Crippen LogP contribution in [-0.2, 0) is 26.6 Å². The molecule has 6 heteroatoms. The van der Waals surface area contributed by atoms with E-state index in [1.165, 1.54) is 11.3 Å². The minimum absolute atomic E-state index is 0.752. The highest BCUT2D eigenvalue weighted by molar-refractivity contribution is 5.58. The Morgan fingerprint density at radius 1 is 1.17 bits per heavy atom. The Kier molecular flexibility index (Phi) is 3.74. The number of hydrogen-bond donors (Lipinski definition) is 1. The fraction of sp³-hybridized carbons (Fsp3) is 0.278. The highest BCUT2D eigenvalue weighted by Crippen LogP contribution is 2.22. The molecule has 0 aliphatic carbocycles. The Bertz CT molecular complexity index is 852. The lowest BCUT2D eigenvalue weighted by atomic mass is 10.1. The molecule has 0 spiro atoms. The molecule has 2 aromatic heterocycles. The molecule has 0 unspecified atom stereocenters. The fourth-order valence-corrected chi connectivity index (χ4v) is 3.05. The molecular formula is C18H20N6. The van der Waals surface area contributed by atoms with Gasteiger partial charge in [-0.3, -0.25) is 4.90 Å². The van der Waals surface area contributed by atoms with Gasteiger partial charge in [0, 0.05) is 62.3 Å². The van der Waals surface area contributed by atoms with Crippen LogP contribution in [0, 0.1) is 0 Å². The van der Waals surface area contributed by atoms with E-state index in [-0.39, 0.29) is 0 Å². The highest BCUT2D eigenvalue weighted by Gasteiger charge is 2.19. The maximum absolute atomic E-state index is 5.74. The topological polar surface area (TPSA) is 72.9 Å². The van der Waals surface area contributed by atoms with Crippen molar-refractivity contribution in [1.29, 1.82) is 0 Å². The van der Waals surface area contributed by atoms with Crippen LogP contribution in [0.15, 0.2) is 43.0 Å². The van der Waals surface area contributed by atoms with Gasteiger partial charge < -0.3 is 10.3 Å². The lowest BCUT2D eigenvalue weighted by Gasteiger charge is -2.28. The first-order chi connectivity index (χ1) is 11.7. The first-order valence-electron chi connectivity index (χ1n) is 8.07. The number of benzene rings is 1. The van der Waals surface area contributed by atoms with Gasteiger partial charge in [-0.1, -0.05) is 0 Å². The van der Waals surface area contributed by atoms with Gasteiger partial charge in [0.05, 0.1) is 17.7 Å². The number of rotatable bonds is 3. The zero-order chi connectivity index (χ0) is 16.5. The van der Waals surface area contributed by atoms with Gasteiger partial charge in [0.25, 0.3) is 0 Å². The molecule has 3 heterocycles. The van der Waals surface area contributed by atoms with Crippen molar-refractivity contribution in [3.05, 3.63) is 59.9 Å². The monoisotopic (exact) mass is 320 g/mol. The summed E-state index contributed by atoms with van der Waals surface area (Å²) in [6.07, 6.45) is 6.67. The SMILES string of the molecule is Cn1cncc1CN1CCc2nc(-c3ccc(N)cc3)ncc2C1. The maximum atomic E-state index is 5.74. The molecule has 4 rings (SSSR count). The third kappa shape index (κ3) is 2.88. The molecule has 1 aromatic carbocycles. The van der Waals surface area contributed by atoms with Crippen LogP contribution >= 0.6 is 0 Å². The molecular weight excluding hydrogens is 300 g/mol. The highest BCUT2D eigenvalue weighted by atomic mass is 15.2. The van der Waals surface area contributed by atoms with E-state index in [1.54, 1.807) is 0 Å². The number of nitrogen functional groups attached to an aromatic ring is 1. The largest absolute Gasteiger partial charge is 0.399 e. The Morgan fingerprint density at radius 2 is 2.00 bits per heavy atom. The number of fused-ring (bicyclic) bond motifs is 1. The van der Waals surface area contributed by atoms with Gasteiger partial charge in [0.2, 0.25) is 0 Å². The summed E-state index contributed by atoms with van der Waals surface area (Å²) in [7, 11) is 2.03. The van der Waals surface area contributed by atoms with E-state index in [0.717, 1.165) is 48.8 Å². The molecule has 6 nitrogen and oxygen atoms in total. The molecule has 0 saturated heterocycles. The molecule has 0 radical (unpaired) electrons. The van der Waals surface area contributed by atoms with E-state index in [1.807, 2.05) is 50.0 Å². The van der Waals surface area contributed by atoms with Gasteiger partial charge in [0.15, 0.2) is 5.82 Å². The van der Waals surface area contributed by atoms with Crippen molar-refractivity contribution < 1.29 is 0 Å². The number of aromatic nitrogens is 4. The average Bonchev–Trinajstić information content (AvgIpc) is 3.00. The van der Waals surface area contributed by atoms with E-state index in [0.29, 0.717) is 0 Å². The van der Waals surface area contributed by atoms with Crippen molar-refractivity contribution >= 4 is 5.69 Å². The van der Waals surface area contributed by atoms with Crippen LogP contribution in [0.3, 0.4) is 0 Å². The first kappa shape index (κ1) is 14.8. The first-order valence-corrected chi connectivity index (χ1v) is 8.07. The summed E-state index contributed by atoms with van der Waals surface area (Å²) in [4.78, 5) is 15.9. The minimum atomic E-state index is 0.752. The normalized spacial score (nSPS) is 14.5. The van der Waals surface area contributed by atoms with E-state index < -0.39 is 0 Å². The second-order valence-electron chi connectivity index (χ2n) is 6.24. The number of hydrogen-bond acceptors (Lipinski definition) is 5. The molecule has 1 aliphatic rings. The molecule has 0 fully saturated rings. The second-order valence-corrected chi connectivity index (χ2v) is 6.24. The summed E-state index contributed by atoms with van der Waals surface area (Å²) in [5.74, 6) is 0.772. The molecule has 3 aromatic rings. The standard InChI is InChI=1S/C18H20N6/c1-23-12-20-9-16(23)11-24-7-6-17-14(10-24)8-21-18(22-17)13-2-4-15(19)5-3-13/h2-5,8-9,12H,6-7,10-11,19H2,1H3. The Balaban J connectivity index is 1.53. The molecule has 0 amide bonds. The Labute approximate surface area is 141 Å². The van der Waals surface area contributed by atoms with Crippen molar-refractivity contribution in [3.8, 4) is 11.4 Å². The summed E-state index contributed by atoms with van der Waals surface area (Å²) < 4.78 is 2.07. The van der Waals surface area contributed by atoms with Gasteiger partial charge in [-0.25, -0.2) is 15.0 Å². The summed E-state index contributed by atoms with van der Waals surface area (Å²) >= 11 is 0. The van der Waals surface area contributed by atoms with Crippen LogP contribution in [0.4, 0.5) is 5.69 Å². The van der Waals surface area contributed by atoms with E-state index in [4.69, 9.17) is 10.7 Å². The molecule has 1 aliphatic heterocycles. The van der Waals surface area contributed by atoms with Gasteiger partial charge in [-0.15, -0.1) is 0 Å². The van der Waals surface area contributed by atoms with Crippen LogP contribution in [0.25, 0.3) is 11.4 Å². The van der Waals surface area contributed by atoms with Crippen molar-refractivity contribution in [2.45, 2.75) is 19.5 Å². The smallest absolute Gasteiger partial charge is 0.159 e. The molecule has 122 valence electrons. The van der Waals surface area contributed by atoms with Crippen LogP contribution in [-0.4, -0.2) is 31.0 Å². The predicted molar refractivity (Wildman–Crippen MR) is 92.9 cm³/mol. The lowest BCUT2D eigenvalue weighted by Crippen LogP contribution is -2.31. The van der Waals surface area contributed by atoms with Crippen molar-refractivity contribution in [2.24, 2.45) is 7.05 Å². The van der Waals surface area contributed by atoms with Crippen LogP contribution in [0.2, 0.25) is 0 Å². The zero-order valence-corrected chi connectivity index (χ0v) is 13.7. The van der Waals surface area contributed by atoms with Gasteiger partial charge in [-0.05, 0) is 24.3 Å². The third-order valence-electron chi connectivity index (χ3n) is 4.48. The summed E-state index contributed by atoms with van der Waals surface area (Å²) in [6.45, 7) is 2.77. The van der Waals surface area contributed by atoms with Gasteiger partial charge >= 0.3 is 0 Å². The van der Waals surface area contributed by atoms with Crippen molar-refractivity contribution in [3.63, 3.8) is 0 Å². The number of anilines is 1. The van der Waals surface area contributed by atoms with Crippen LogP contribution in [0.5, 0.6) is 0 Å². The quantitative estimate of drug-likeness (QED) is 0.748. The van der Waals surface area contributed by atoms with E-state index in [9.17, 15) is 0 Å². The summed E-state index contributed by atoms with van der Waals surface area (Å²) in [5, 5.41) is 0. The summed E-state index contributed by atoms with van der Waals surface area (Å²) in [6, 6.07) is 7.70. The predicted octanol–water partition coefficient (Wildman–Crippen LogP) is 2.02. The Morgan fingerprint density at radius 3 is 2.75 bits per heavy atom. The van der Waals surface area contributed by atoms with Gasteiger partial charge in [-0.2, -0.15) is 0 Å². The molecule has 2 N–H and O–H groups in total. The van der Waals surface area contributed by atoms with Crippen molar-refractivity contribution in [1.82, 2.24) is 24.4 Å². The average molecular weight is 320 g/mol. The lowest BCUT2D eigenvalue weighted by molar-refractivity contribution is 0.238. The molecule has 0 atom stereocenters. The molecule has 0 bridgehead atoms. The minimum Gasteiger partial charge on any atom is -0.399 e. The fourth-order valence-electron chi connectivity index (χ4n) is 3.05. The number of nitrogens with zero attached hydrogens (tertiary/aromatic N) is 5. The van der Waals surface area contributed by atoms with E-state index >= 15 is 0 Å². The van der Waals surface area contributed by atoms with Crippen molar-refractivity contribution in [2.75, 3.05) is 12.3 Å². The van der Waals surface area contributed by atoms with Gasteiger partial charge in [0.1, 0.15) is 0 Å². The third-order valence-corrected chi connectivity index (χ3v) is 4.48. The maximum Gasteiger partial charge on any atom is 0.159 e. The van der Waals surface area contributed by atoms with E-state index in [2.05, 4.69) is 19.4 Å². The zero-order valence-electron chi connectivity index (χ0n) is 13.7. The molecule has 24 heavy (non-hydrogen) atoms. The summed E-state index contributed by atoms with van der Waals surface area (Å²) in [5.41, 5.74) is 11.1. The van der Waals surface area contributed by atoms with Crippen LogP contribution in [0.1, 0.15) is 17.0 Å². The van der Waals surface area contributed by atoms with Crippen LogP contribution < -0.4 is 5.73 Å². The Hall–Kier alpha value is -2.73. The second kappa shape index (κ2) is 6.05.